The average molecular weight is 261 g/mol. The van der Waals surface area contributed by atoms with Crippen LogP contribution in [0.1, 0.15) is 12.5 Å². The van der Waals surface area contributed by atoms with Crippen molar-refractivity contribution in [2.75, 3.05) is 19.6 Å². The molecule has 2 amide bonds. The van der Waals surface area contributed by atoms with Crippen LogP contribution in [0.25, 0.3) is 0 Å². The van der Waals surface area contributed by atoms with Gasteiger partial charge in [-0.15, -0.1) is 0 Å². The third kappa shape index (κ3) is 3.54. The van der Waals surface area contributed by atoms with E-state index in [0.717, 1.165) is 5.56 Å². The molecule has 1 heterocycles. The Kier molecular flexibility index (Phi) is 4.52. The molecule has 102 valence electrons. The molecule has 0 radical (unpaired) electrons. The Hall–Kier alpha value is -1.88. The second kappa shape index (κ2) is 6.33. The van der Waals surface area contributed by atoms with Gasteiger partial charge in [0.25, 0.3) is 0 Å². The van der Waals surface area contributed by atoms with Crippen molar-refractivity contribution in [3.63, 3.8) is 0 Å². The van der Waals surface area contributed by atoms with Crippen LogP contribution in [0.2, 0.25) is 0 Å². The largest absolute Gasteiger partial charge is 0.353 e. The van der Waals surface area contributed by atoms with Gasteiger partial charge in [0, 0.05) is 19.6 Å². The van der Waals surface area contributed by atoms with Gasteiger partial charge in [0.1, 0.15) is 6.04 Å². The van der Waals surface area contributed by atoms with Crippen LogP contribution in [0.15, 0.2) is 30.3 Å². The zero-order valence-electron chi connectivity index (χ0n) is 11.1. The summed E-state index contributed by atoms with van der Waals surface area (Å²) in [6, 6.07) is 9.58. The maximum Gasteiger partial charge on any atom is 0.241 e. The van der Waals surface area contributed by atoms with Crippen molar-refractivity contribution in [1.82, 2.24) is 15.5 Å². The summed E-state index contributed by atoms with van der Waals surface area (Å²) < 4.78 is 0. The smallest absolute Gasteiger partial charge is 0.241 e. The van der Waals surface area contributed by atoms with E-state index in [1.54, 1.807) is 4.90 Å². The summed E-state index contributed by atoms with van der Waals surface area (Å²) in [6.45, 7) is 3.78. The molecule has 0 spiro atoms. The highest BCUT2D eigenvalue weighted by atomic mass is 16.2. The fourth-order valence-electron chi connectivity index (χ4n) is 2.11. The fourth-order valence-corrected chi connectivity index (χ4v) is 2.11. The quantitative estimate of drug-likeness (QED) is 0.809. The van der Waals surface area contributed by atoms with Gasteiger partial charge in [0.05, 0.1) is 6.54 Å². The molecule has 0 saturated carbocycles. The summed E-state index contributed by atoms with van der Waals surface area (Å²) in [5.41, 5.74) is 1.11. The Morgan fingerprint density at radius 3 is 2.68 bits per heavy atom. The third-order valence-corrected chi connectivity index (χ3v) is 3.22. The molecule has 0 aromatic heterocycles. The normalized spacial score (nSPS) is 18.8. The Morgan fingerprint density at radius 2 is 2.11 bits per heavy atom. The molecule has 1 aliphatic heterocycles. The van der Waals surface area contributed by atoms with Crippen molar-refractivity contribution < 1.29 is 9.59 Å². The minimum absolute atomic E-state index is 0.0337. The van der Waals surface area contributed by atoms with Crippen molar-refractivity contribution in [3.8, 4) is 0 Å². The minimum Gasteiger partial charge on any atom is -0.353 e. The number of amides is 2. The Balaban J connectivity index is 1.97. The first kappa shape index (κ1) is 13.5. The number of hydrogen-bond acceptors (Lipinski definition) is 3. The molecule has 19 heavy (non-hydrogen) atoms. The number of likely N-dealkylation sites (N-methyl/N-ethyl adjacent to an activating group) is 1. The van der Waals surface area contributed by atoms with E-state index in [2.05, 4.69) is 10.6 Å². The van der Waals surface area contributed by atoms with E-state index in [1.165, 1.54) is 0 Å². The molecule has 5 nitrogen and oxygen atoms in total. The first-order valence-electron chi connectivity index (χ1n) is 6.53. The lowest BCUT2D eigenvalue weighted by Crippen LogP contribution is -2.58. The van der Waals surface area contributed by atoms with Gasteiger partial charge in [-0.3, -0.25) is 14.9 Å². The monoisotopic (exact) mass is 261 g/mol. The number of benzene rings is 1. The van der Waals surface area contributed by atoms with E-state index in [4.69, 9.17) is 0 Å². The summed E-state index contributed by atoms with van der Waals surface area (Å²) in [5.74, 6) is -0.0264. The van der Waals surface area contributed by atoms with E-state index in [0.29, 0.717) is 19.6 Å². The van der Waals surface area contributed by atoms with Crippen LogP contribution in [-0.2, 0) is 16.1 Å². The lowest BCUT2D eigenvalue weighted by atomic mass is 10.1. The summed E-state index contributed by atoms with van der Waals surface area (Å²) in [5, 5.41) is 5.67. The highest BCUT2D eigenvalue weighted by Crippen LogP contribution is 2.06. The van der Waals surface area contributed by atoms with Crippen LogP contribution in [0.4, 0.5) is 0 Å². The fraction of sp³-hybridized carbons (Fsp3) is 0.429. The minimum atomic E-state index is -0.318. The predicted molar refractivity (Wildman–Crippen MR) is 72.3 cm³/mol. The van der Waals surface area contributed by atoms with Gasteiger partial charge in [-0.05, 0) is 12.5 Å². The van der Waals surface area contributed by atoms with E-state index in [9.17, 15) is 9.59 Å². The lowest BCUT2D eigenvalue weighted by molar-refractivity contribution is -0.135. The molecule has 1 aromatic rings. The number of piperazine rings is 1. The number of nitrogens with one attached hydrogen (secondary N) is 2. The van der Waals surface area contributed by atoms with Gasteiger partial charge in [0.15, 0.2) is 0 Å². The molecule has 1 unspecified atom stereocenters. The van der Waals surface area contributed by atoms with Crippen LogP contribution < -0.4 is 10.6 Å². The second-order valence-corrected chi connectivity index (χ2v) is 4.58. The number of nitrogens with zero attached hydrogens (tertiary/aromatic N) is 1. The van der Waals surface area contributed by atoms with Crippen molar-refractivity contribution >= 4 is 11.8 Å². The SMILES string of the molecule is CCN(Cc1ccccc1)C(=O)C1CNC(=O)CN1. The molecule has 0 aliphatic carbocycles. The second-order valence-electron chi connectivity index (χ2n) is 4.58. The van der Waals surface area contributed by atoms with E-state index < -0.39 is 0 Å². The number of carbonyl (C=O) groups is 2. The molecular formula is C14H19N3O2. The molecule has 1 saturated heterocycles. The molecule has 1 aliphatic rings. The Bertz CT molecular complexity index is 437. The topological polar surface area (TPSA) is 61.4 Å². The molecular weight excluding hydrogens is 242 g/mol. The molecule has 5 heteroatoms. The number of carbonyl (C=O) groups excluding carboxylic acids is 2. The third-order valence-electron chi connectivity index (χ3n) is 3.22. The van der Waals surface area contributed by atoms with E-state index in [-0.39, 0.29) is 24.4 Å². The van der Waals surface area contributed by atoms with Crippen LogP contribution >= 0.6 is 0 Å². The Morgan fingerprint density at radius 1 is 1.37 bits per heavy atom. The standard InChI is InChI=1S/C14H19N3O2/c1-2-17(10-11-6-4-3-5-7-11)14(19)12-8-16-13(18)9-15-12/h3-7,12,15H,2,8-10H2,1H3,(H,16,18). The van der Waals surface area contributed by atoms with Gasteiger partial charge in [-0.2, -0.15) is 0 Å². The molecule has 2 N–H and O–H groups in total. The van der Waals surface area contributed by atoms with Gasteiger partial charge >= 0.3 is 0 Å². The van der Waals surface area contributed by atoms with Gasteiger partial charge in [0.2, 0.25) is 11.8 Å². The highest BCUT2D eigenvalue weighted by Gasteiger charge is 2.27. The predicted octanol–water partition coefficient (Wildman–Crippen LogP) is 0.123. The summed E-state index contributed by atoms with van der Waals surface area (Å²) >= 11 is 0. The van der Waals surface area contributed by atoms with Crippen LogP contribution in [0.5, 0.6) is 0 Å². The summed E-state index contributed by atoms with van der Waals surface area (Å²) in [4.78, 5) is 25.2. The lowest BCUT2D eigenvalue weighted by Gasteiger charge is -2.29. The molecule has 1 aromatic carbocycles. The maximum atomic E-state index is 12.4. The van der Waals surface area contributed by atoms with Gasteiger partial charge in [-0.1, -0.05) is 30.3 Å². The highest BCUT2D eigenvalue weighted by molar-refractivity contribution is 5.86. The number of rotatable bonds is 4. The molecule has 1 atom stereocenters. The van der Waals surface area contributed by atoms with Crippen molar-refractivity contribution in [2.45, 2.75) is 19.5 Å². The van der Waals surface area contributed by atoms with E-state index in [1.807, 2.05) is 37.3 Å². The first-order valence-corrected chi connectivity index (χ1v) is 6.53. The van der Waals surface area contributed by atoms with Gasteiger partial charge in [-0.25, -0.2) is 0 Å². The first-order chi connectivity index (χ1) is 9.20. The molecule has 1 fully saturated rings. The number of hydrogen-bond donors (Lipinski definition) is 2. The van der Waals surface area contributed by atoms with Gasteiger partial charge < -0.3 is 10.2 Å². The Labute approximate surface area is 113 Å². The van der Waals surface area contributed by atoms with Crippen LogP contribution in [0.3, 0.4) is 0 Å². The average Bonchev–Trinajstić information content (AvgIpc) is 2.46. The van der Waals surface area contributed by atoms with Crippen molar-refractivity contribution in [2.24, 2.45) is 0 Å². The maximum absolute atomic E-state index is 12.4. The van der Waals surface area contributed by atoms with Crippen LogP contribution in [0, 0.1) is 0 Å². The van der Waals surface area contributed by atoms with E-state index >= 15 is 0 Å². The molecule has 0 bridgehead atoms. The van der Waals surface area contributed by atoms with Crippen molar-refractivity contribution in [1.29, 1.82) is 0 Å². The zero-order valence-corrected chi connectivity index (χ0v) is 11.1. The summed E-state index contributed by atoms with van der Waals surface area (Å²) in [7, 11) is 0. The molecule has 2 rings (SSSR count). The zero-order chi connectivity index (χ0) is 13.7. The summed E-state index contributed by atoms with van der Waals surface area (Å²) in [6.07, 6.45) is 0. The van der Waals surface area contributed by atoms with Crippen LogP contribution in [-0.4, -0.2) is 42.4 Å². The van der Waals surface area contributed by atoms with Crippen molar-refractivity contribution in [3.05, 3.63) is 35.9 Å².